The molecular weight excluding hydrogens is 294 g/mol. The zero-order chi connectivity index (χ0) is 12.7. The summed E-state index contributed by atoms with van der Waals surface area (Å²) in [6.45, 7) is 0. The molecule has 5 heteroatoms. The Kier molecular flexibility index (Phi) is 3.03. The number of hydrogen-bond acceptors (Lipinski definition) is 3. The first-order valence-corrected chi connectivity index (χ1v) is 6.96. The summed E-state index contributed by atoms with van der Waals surface area (Å²) in [4.78, 5) is 4.44. The number of nitrogens with zero attached hydrogens (tertiary/aromatic N) is 2. The fraction of sp³-hybridized carbons (Fsp3) is 0.462. The van der Waals surface area contributed by atoms with Crippen LogP contribution >= 0.6 is 15.9 Å². The summed E-state index contributed by atoms with van der Waals surface area (Å²) < 4.78 is 8.71. The Balaban J connectivity index is 2.13. The molecule has 4 nitrogen and oxygen atoms in total. The zero-order valence-corrected chi connectivity index (χ0v) is 11.9. The van der Waals surface area contributed by atoms with E-state index in [0.717, 1.165) is 28.3 Å². The zero-order valence-electron chi connectivity index (χ0n) is 10.3. The van der Waals surface area contributed by atoms with Crippen LogP contribution in [-0.2, 0) is 4.74 Å². The number of benzene rings is 1. The SMILES string of the molecule is COC1CCCC1n1c(N)nc2cc(Br)ccc21. The molecule has 2 aromatic rings. The number of hydrogen-bond donors (Lipinski definition) is 1. The number of nitrogen functional groups attached to an aromatic ring is 1. The van der Waals surface area contributed by atoms with Crippen LogP contribution in [0.3, 0.4) is 0 Å². The largest absolute Gasteiger partial charge is 0.379 e. The van der Waals surface area contributed by atoms with E-state index in [2.05, 4.69) is 31.5 Å². The molecule has 0 saturated heterocycles. The summed E-state index contributed by atoms with van der Waals surface area (Å²) in [5.74, 6) is 0.581. The minimum atomic E-state index is 0.244. The highest BCUT2D eigenvalue weighted by molar-refractivity contribution is 9.10. The molecule has 1 aliphatic carbocycles. The molecule has 1 aromatic carbocycles. The summed E-state index contributed by atoms with van der Waals surface area (Å²) in [6.07, 6.45) is 3.62. The van der Waals surface area contributed by atoms with Crippen molar-refractivity contribution in [3.8, 4) is 0 Å². The number of ether oxygens (including phenoxy) is 1. The normalized spacial score (nSPS) is 23.9. The molecule has 1 aliphatic rings. The van der Waals surface area contributed by atoms with E-state index in [1.165, 1.54) is 6.42 Å². The summed E-state index contributed by atoms with van der Waals surface area (Å²) >= 11 is 3.46. The third-order valence-corrected chi connectivity index (χ3v) is 4.22. The minimum Gasteiger partial charge on any atom is -0.379 e. The molecule has 0 aliphatic heterocycles. The molecular formula is C13H16BrN3O. The molecule has 0 spiro atoms. The number of rotatable bonds is 2. The third kappa shape index (κ3) is 1.82. The van der Waals surface area contributed by atoms with E-state index in [-0.39, 0.29) is 6.10 Å². The van der Waals surface area contributed by atoms with Crippen molar-refractivity contribution in [1.29, 1.82) is 0 Å². The quantitative estimate of drug-likeness (QED) is 0.927. The molecule has 0 amide bonds. The molecule has 0 radical (unpaired) electrons. The molecule has 1 fully saturated rings. The predicted molar refractivity (Wildman–Crippen MR) is 75.5 cm³/mol. The van der Waals surface area contributed by atoms with Gasteiger partial charge in [-0.25, -0.2) is 4.98 Å². The molecule has 3 rings (SSSR count). The number of halogens is 1. The molecule has 0 bridgehead atoms. The third-order valence-electron chi connectivity index (χ3n) is 3.73. The Hall–Kier alpha value is -1.07. The van der Waals surface area contributed by atoms with Crippen molar-refractivity contribution in [2.24, 2.45) is 0 Å². The summed E-state index contributed by atoms with van der Waals surface area (Å²) in [5, 5.41) is 0. The van der Waals surface area contributed by atoms with Crippen molar-refractivity contribution in [1.82, 2.24) is 9.55 Å². The van der Waals surface area contributed by atoms with E-state index >= 15 is 0 Å². The molecule has 2 N–H and O–H groups in total. The van der Waals surface area contributed by atoms with Gasteiger partial charge in [0.05, 0.1) is 23.2 Å². The number of fused-ring (bicyclic) bond motifs is 1. The van der Waals surface area contributed by atoms with Crippen LogP contribution in [-0.4, -0.2) is 22.8 Å². The predicted octanol–water partition coefficient (Wildman–Crippen LogP) is 3.12. The van der Waals surface area contributed by atoms with Crippen LogP contribution in [0.25, 0.3) is 11.0 Å². The van der Waals surface area contributed by atoms with Gasteiger partial charge in [-0.05, 0) is 37.5 Å². The molecule has 2 atom stereocenters. The Morgan fingerprint density at radius 1 is 1.44 bits per heavy atom. The lowest BCUT2D eigenvalue weighted by Gasteiger charge is -2.21. The lowest BCUT2D eigenvalue weighted by atomic mass is 10.2. The Morgan fingerprint density at radius 3 is 3.06 bits per heavy atom. The molecule has 1 saturated carbocycles. The Morgan fingerprint density at radius 2 is 2.28 bits per heavy atom. The van der Waals surface area contributed by atoms with Crippen LogP contribution in [0.5, 0.6) is 0 Å². The molecule has 96 valence electrons. The Labute approximate surface area is 114 Å². The van der Waals surface area contributed by atoms with Crippen LogP contribution in [0.1, 0.15) is 25.3 Å². The monoisotopic (exact) mass is 309 g/mol. The minimum absolute atomic E-state index is 0.244. The number of aromatic nitrogens is 2. The lowest BCUT2D eigenvalue weighted by Crippen LogP contribution is -2.21. The van der Waals surface area contributed by atoms with Crippen molar-refractivity contribution in [2.75, 3.05) is 12.8 Å². The van der Waals surface area contributed by atoms with Gasteiger partial charge in [0.25, 0.3) is 0 Å². The number of methoxy groups -OCH3 is 1. The van der Waals surface area contributed by atoms with Gasteiger partial charge in [-0.1, -0.05) is 15.9 Å². The first-order chi connectivity index (χ1) is 8.70. The number of imidazole rings is 1. The lowest BCUT2D eigenvalue weighted by molar-refractivity contribution is 0.0768. The van der Waals surface area contributed by atoms with Gasteiger partial charge in [-0.2, -0.15) is 0 Å². The van der Waals surface area contributed by atoms with E-state index in [1.54, 1.807) is 7.11 Å². The maximum Gasteiger partial charge on any atom is 0.201 e. The second kappa shape index (κ2) is 4.55. The molecule has 2 unspecified atom stereocenters. The smallest absolute Gasteiger partial charge is 0.201 e. The van der Waals surface area contributed by atoms with E-state index < -0.39 is 0 Å². The first kappa shape index (κ1) is 12.0. The molecule has 1 heterocycles. The highest BCUT2D eigenvalue weighted by Crippen LogP contribution is 2.36. The van der Waals surface area contributed by atoms with Crippen molar-refractivity contribution in [2.45, 2.75) is 31.4 Å². The summed E-state index contributed by atoms with van der Waals surface area (Å²) in [6, 6.07) is 6.39. The van der Waals surface area contributed by atoms with Gasteiger partial charge in [0.1, 0.15) is 0 Å². The van der Waals surface area contributed by atoms with Gasteiger partial charge in [0, 0.05) is 11.6 Å². The molecule has 1 aromatic heterocycles. The van der Waals surface area contributed by atoms with Gasteiger partial charge in [0.15, 0.2) is 0 Å². The summed E-state index contributed by atoms with van der Waals surface area (Å²) in [5.41, 5.74) is 8.10. The van der Waals surface area contributed by atoms with Gasteiger partial charge >= 0.3 is 0 Å². The van der Waals surface area contributed by atoms with Gasteiger partial charge in [-0.3, -0.25) is 0 Å². The topological polar surface area (TPSA) is 53.1 Å². The second-order valence-corrected chi connectivity index (χ2v) is 5.66. The standard InChI is InChI=1S/C13H16BrN3O/c1-18-12-4-2-3-11(12)17-10-6-5-8(14)7-9(10)16-13(17)15/h5-7,11-12H,2-4H2,1H3,(H2,15,16). The Bertz CT molecular complexity index is 581. The maximum atomic E-state index is 6.08. The second-order valence-electron chi connectivity index (χ2n) is 4.75. The summed E-state index contributed by atoms with van der Waals surface area (Å²) in [7, 11) is 1.77. The van der Waals surface area contributed by atoms with Crippen molar-refractivity contribution in [3.63, 3.8) is 0 Å². The number of anilines is 1. The van der Waals surface area contributed by atoms with E-state index in [4.69, 9.17) is 10.5 Å². The first-order valence-electron chi connectivity index (χ1n) is 6.16. The van der Waals surface area contributed by atoms with Gasteiger partial charge < -0.3 is 15.0 Å². The molecule has 18 heavy (non-hydrogen) atoms. The van der Waals surface area contributed by atoms with Crippen LogP contribution in [0.2, 0.25) is 0 Å². The van der Waals surface area contributed by atoms with Crippen molar-refractivity contribution >= 4 is 32.9 Å². The number of nitrogens with two attached hydrogens (primary N) is 1. The van der Waals surface area contributed by atoms with Crippen molar-refractivity contribution < 1.29 is 4.74 Å². The highest BCUT2D eigenvalue weighted by Gasteiger charge is 2.31. The fourth-order valence-electron chi connectivity index (χ4n) is 2.92. The average molecular weight is 310 g/mol. The van der Waals surface area contributed by atoms with Gasteiger partial charge in [0.2, 0.25) is 5.95 Å². The van der Waals surface area contributed by atoms with Crippen LogP contribution in [0.15, 0.2) is 22.7 Å². The highest BCUT2D eigenvalue weighted by atomic mass is 79.9. The van der Waals surface area contributed by atoms with Crippen LogP contribution < -0.4 is 5.73 Å². The van der Waals surface area contributed by atoms with Gasteiger partial charge in [-0.15, -0.1) is 0 Å². The van der Waals surface area contributed by atoms with E-state index in [1.807, 2.05) is 12.1 Å². The maximum absolute atomic E-state index is 6.08. The average Bonchev–Trinajstić information content (AvgIpc) is 2.90. The van der Waals surface area contributed by atoms with Crippen LogP contribution in [0.4, 0.5) is 5.95 Å². The van der Waals surface area contributed by atoms with E-state index in [9.17, 15) is 0 Å². The van der Waals surface area contributed by atoms with E-state index in [0.29, 0.717) is 12.0 Å². The van der Waals surface area contributed by atoms with Crippen molar-refractivity contribution in [3.05, 3.63) is 22.7 Å². The van der Waals surface area contributed by atoms with Crippen LogP contribution in [0, 0.1) is 0 Å². The fourth-order valence-corrected chi connectivity index (χ4v) is 3.26.